The summed E-state index contributed by atoms with van der Waals surface area (Å²) >= 11 is 0. The molecule has 5 heteroatoms. The first-order valence-electron chi connectivity index (χ1n) is 5.11. The number of unbranched alkanes of at least 4 members (excludes halogenated alkanes) is 1. The number of nitrogens with one attached hydrogen (secondary N) is 1. The third-order valence-corrected chi connectivity index (χ3v) is 2.17. The molecule has 1 aromatic carbocycles. The van der Waals surface area contributed by atoms with Crippen LogP contribution >= 0.6 is 0 Å². The molecule has 0 bridgehead atoms. The number of nitriles is 1. The van der Waals surface area contributed by atoms with Gasteiger partial charge in [-0.05, 0) is 18.6 Å². The van der Waals surface area contributed by atoms with E-state index in [1.54, 1.807) is 12.1 Å². The van der Waals surface area contributed by atoms with Gasteiger partial charge in [0.25, 0.3) is 5.69 Å². The molecular weight excluding hydrogens is 206 g/mol. The standard InChI is InChI=1S/C11H13N3O2/c1-2-3-6-13-10-5-4-9(8-12)11(7-10)14(15)16/h4-5,7,13H,2-3,6H2,1H3. The average molecular weight is 219 g/mol. The normalized spacial score (nSPS) is 9.50. The van der Waals surface area contributed by atoms with Crippen molar-refractivity contribution in [3.8, 4) is 6.07 Å². The first-order valence-corrected chi connectivity index (χ1v) is 5.11. The molecule has 0 saturated heterocycles. The van der Waals surface area contributed by atoms with Gasteiger partial charge in [0.05, 0.1) is 4.92 Å². The van der Waals surface area contributed by atoms with Crippen molar-refractivity contribution in [3.05, 3.63) is 33.9 Å². The van der Waals surface area contributed by atoms with E-state index in [2.05, 4.69) is 12.2 Å². The number of hydrogen-bond acceptors (Lipinski definition) is 4. The summed E-state index contributed by atoms with van der Waals surface area (Å²) in [6.07, 6.45) is 2.07. The predicted molar refractivity (Wildman–Crippen MR) is 61.2 cm³/mol. The molecule has 0 heterocycles. The summed E-state index contributed by atoms with van der Waals surface area (Å²) in [5, 5.41) is 22.5. The molecule has 1 aromatic rings. The highest BCUT2D eigenvalue weighted by Crippen LogP contribution is 2.22. The van der Waals surface area contributed by atoms with Crippen molar-refractivity contribution in [1.82, 2.24) is 0 Å². The summed E-state index contributed by atoms with van der Waals surface area (Å²) in [4.78, 5) is 10.2. The van der Waals surface area contributed by atoms with E-state index in [0.29, 0.717) is 5.69 Å². The first-order chi connectivity index (χ1) is 7.69. The van der Waals surface area contributed by atoms with Crippen molar-refractivity contribution in [2.24, 2.45) is 0 Å². The topological polar surface area (TPSA) is 79.0 Å². The molecule has 5 nitrogen and oxygen atoms in total. The molecule has 0 fully saturated rings. The second-order valence-electron chi connectivity index (χ2n) is 3.38. The zero-order valence-electron chi connectivity index (χ0n) is 9.06. The SMILES string of the molecule is CCCCNc1ccc(C#N)c([N+](=O)[O-])c1. The molecule has 84 valence electrons. The second-order valence-corrected chi connectivity index (χ2v) is 3.38. The molecule has 16 heavy (non-hydrogen) atoms. The molecule has 1 rings (SSSR count). The van der Waals surface area contributed by atoms with Crippen molar-refractivity contribution in [2.75, 3.05) is 11.9 Å². The molecule has 0 radical (unpaired) electrons. The molecule has 0 amide bonds. The lowest BCUT2D eigenvalue weighted by atomic mass is 10.2. The largest absolute Gasteiger partial charge is 0.385 e. The van der Waals surface area contributed by atoms with E-state index in [9.17, 15) is 10.1 Å². The van der Waals surface area contributed by atoms with Gasteiger partial charge in [-0.3, -0.25) is 10.1 Å². The molecule has 0 atom stereocenters. The predicted octanol–water partition coefficient (Wildman–Crippen LogP) is 2.68. The van der Waals surface area contributed by atoms with Crippen LogP contribution in [0.2, 0.25) is 0 Å². The molecule has 0 aromatic heterocycles. The molecule has 0 spiro atoms. The van der Waals surface area contributed by atoms with Crippen molar-refractivity contribution in [3.63, 3.8) is 0 Å². The van der Waals surface area contributed by atoms with Crippen molar-refractivity contribution >= 4 is 11.4 Å². The van der Waals surface area contributed by atoms with Gasteiger partial charge in [0, 0.05) is 18.3 Å². The Labute approximate surface area is 93.9 Å². The van der Waals surface area contributed by atoms with Gasteiger partial charge in [0.15, 0.2) is 0 Å². The van der Waals surface area contributed by atoms with E-state index in [4.69, 9.17) is 5.26 Å². The van der Waals surface area contributed by atoms with Gasteiger partial charge in [-0.1, -0.05) is 13.3 Å². The van der Waals surface area contributed by atoms with Gasteiger partial charge in [0.1, 0.15) is 11.6 Å². The van der Waals surface area contributed by atoms with Crippen molar-refractivity contribution < 1.29 is 4.92 Å². The molecule has 0 aliphatic carbocycles. The van der Waals surface area contributed by atoms with E-state index in [1.165, 1.54) is 12.1 Å². The second kappa shape index (κ2) is 5.71. The van der Waals surface area contributed by atoms with Crippen molar-refractivity contribution in [1.29, 1.82) is 5.26 Å². The fraction of sp³-hybridized carbons (Fsp3) is 0.364. The smallest absolute Gasteiger partial charge is 0.289 e. The molecular formula is C11H13N3O2. The van der Waals surface area contributed by atoms with Crippen LogP contribution in [-0.2, 0) is 0 Å². The Balaban J connectivity index is 2.86. The maximum absolute atomic E-state index is 10.7. The number of anilines is 1. The van der Waals surface area contributed by atoms with E-state index >= 15 is 0 Å². The van der Waals surface area contributed by atoms with Gasteiger partial charge in [-0.25, -0.2) is 0 Å². The third kappa shape index (κ3) is 2.95. The molecule has 0 aliphatic heterocycles. The van der Waals surface area contributed by atoms with Crippen LogP contribution in [0.3, 0.4) is 0 Å². The van der Waals surface area contributed by atoms with E-state index in [1.807, 2.05) is 0 Å². The lowest BCUT2D eigenvalue weighted by Crippen LogP contribution is -2.02. The zero-order chi connectivity index (χ0) is 12.0. The minimum Gasteiger partial charge on any atom is -0.385 e. The highest BCUT2D eigenvalue weighted by molar-refractivity contribution is 5.59. The average Bonchev–Trinajstić information content (AvgIpc) is 2.29. The summed E-state index contributed by atoms with van der Waals surface area (Å²) in [6, 6.07) is 6.35. The van der Waals surface area contributed by atoms with Gasteiger partial charge in [0.2, 0.25) is 0 Å². The maximum atomic E-state index is 10.7. The van der Waals surface area contributed by atoms with Gasteiger partial charge >= 0.3 is 0 Å². The van der Waals surface area contributed by atoms with E-state index in [0.717, 1.165) is 19.4 Å². The summed E-state index contributed by atoms with van der Waals surface area (Å²) in [7, 11) is 0. The summed E-state index contributed by atoms with van der Waals surface area (Å²) < 4.78 is 0. The van der Waals surface area contributed by atoms with Crippen LogP contribution in [-0.4, -0.2) is 11.5 Å². The minimum absolute atomic E-state index is 0.0889. The number of rotatable bonds is 5. The third-order valence-electron chi connectivity index (χ3n) is 2.17. The number of hydrogen-bond donors (Lipinski definition) is 1. The van der Waals surface area contributed by atoms with Gasteiger partial charge in [-0.15, -0.1) is 0 Å². The minimum atomic E-state index is -0.538. The molecule has 1 N–H and O–H groups in total. The van der Waals surface area contributed by atoms with Crippen LogP contribution in [0.5, 0.6) is 0 Å². The number of nitro benzene ring substituents is 1. The Bertz CT molecular complexity index is 424. The van der Waals surface area contributed by atoms with Crippen LogP contribution in [0.4, 0.5) is 11.4 Å². The Morgan fingerprint density at radius 3 is 2.88 bits per heavy atom. The van der Waals surface area contributed by atoms with Crippen LogP contribution in [0.15, 0.2) is 18.2 Å². The zero-order valence-corrected chi connectivity index (χ0v) is 9.06. The lowest BCUT2D eigenvalue weighted by Gasteiger charge is -2.05. The maximum Gasteiger partial charge on any atom is 0.289 e. The van der Waals surface area contributed by atoms with Gasteiger partial charge in [-0.2, -0.15) is 5.26 Å². The van der Waals surface area contributed by atoms with Crippen LogP contribution in [0.1, 0.15) is 25.3 Å². The van der Waals surface area contributed by atoms with Crippen molar-refractivity contribution in [2.45, 2.75) is 19.8 Å². The Hall–Kier alpha value is -2.09. The fourth-order valence-corrected chi connectivity index (χ4v) is 1.30. The summed E-state index contributed by atoms with van der Waals surface area (Å²) in [6.45, 7) is 2.85. The highest BCUT2D eigenvalue weighted by atomic mass is 16.6. The molecule has 0 aliphatic rings. The quantitative estimate of drug-likeness (QED) is 0.469. The van der Waals surface area contributed by atoms with E-state index < -0.39 is 4.92 Å². The molecule has 0 saturated carbocycles. The van der Waals surface area contributed by atoms with Crippen LogP contribution in [0.25, 0.3) is 0 Å². The number of benzene rings is 1. The Morgan fingerprint density at radius 1 is 1.56 bits per heavy atom. The number of nitrogens with zero attached hydrogens (tertiary/aromatic N) is 2. The van der Waals surface area contributed by atoms with E-state index in [-0.39, 0.29) is 11.3 Å². The molecule has 0 unspecified atom stereocenters. The van der Waals surface area contributed by atoms with Crippen LogP contribution in [0, 0.1) is 21.4 Å². The Morgan fingerprint density at radius 2 is 2.31 bits per heavy atom. The number of nitro groups is 1. The lowest BCUT2D eigenvalue weighted by molar-refractivity contribution is -0.385. The Kier molecular flexibility index (Phi) is 4.28. The first kappa shape index (κ1) is 12.0. The summed E-state index contributed by atoms with van der Waals surface area (Å²) in [5.74, 6) is 0. The highest BCUT2D eigenvalue weighted by Gasteiger charge is 2.13. The van der Waals surface area contributed by atoms with Crippen LogP contribution < -0.4 is 5.32 Å². The van der Waals surface area contributed by atoms with Gasteiger partial charge < -0.3 is 5.32 Å². The fourth-order valence-electron chi connectivity index (χ4n) is 1.30. The monoisotopic (exact) mass is 219 g/mol. The summed E-state index contributed by atoms with van der Waals surface area (Å²) in [5.41, 5.74) is 0.620.